The molecule has 0 aromatic heterocycles. The first-order valence-electron chi connectivity index (χ1n) is 4.69. The lowest BCUT2D eigenvalue weighted by molar-refractivity contribution is 0.233. The van der Waals surface area contributed by atoms with Crippen LogP contribution in [0.25, 0.3) is 0 Å². The summed E-state index contributed by atoms with van der Waals surface area (Å²) in [4.78, 5) is 0. The van der Waals surface area contributed by atoms with E-state index in [0.717, 1.165) is 12.2 Å². The standard InChI is InChI=1S/C11H16O2/c1-2-10-5-3-6-11(9-10)13-8-4-7-12/h3,5-6,9,12H,2,4,7-8H2,1H3. The molecular formula is C11H16O2. The number of hydrogen-bond acceptors (Lipinski definition) is 2. The molecule has 2 nitrogen and oxygen atoms in total. The molecule has 1 N–H and O–H groups in total. The summed E-state index contributed by atoms with van der Waals surface area (Å²) in [6.07, 6.45) is 1.72. The molecule has 0 aliphatic carbocycles. The third-order valence-corrected chi connectivity index (χ3v) is 1.88. The molecule has 1 rings (SSSR count). The van der Waals surface area contributed by atoms with Crippen molar-refractivity contribution in [1.82, 2.24) is 0 Å². The fraction of sp³-hybridized carbons (Fsp3) is 0.455. The lowest BCUT2D eigenvalue weighted by Crippen LogP contribution is -1.99. The summed E-state index contributed by atoms with van der Waals surface area (Å²) in [6, 6.07) is 8.06. The van der Waals surface area contributed by atoms with Gasteiger partial charge in [-0.3, -0.25) is 0 Å². The van der Waals surface area contributed by atoms with Crippen LogP contribution < -0.4 is 4.74 Å². The van der Waals surface area contributed by atoms with Crippen molar-refractivity contribution in [3.8, 4) is 5.75 Å². The zero-order valence-corrected chi connectivity index (χ0v) is 7.99. The van der Waals surface area contributed by atoms with Crippen LogP contribution in [0, 0.1) is 0 Å². The molecule has 1 aromatic rings. The number of rotatable bonds is 5. The van der Waals surface area contributed by atoms with Gasteiger partial charge in [-0.05, 0) is 24.1 Å². The highest BCUT2D eigenvalue weighted by molar-refractivity contribution is 5.28. The van der Waals surface area contributed by atoms with Gasteiger partial charge in [-0.25, -0.2) is 0 Å². The Morgan fingerprint density at radius 2 is 2.23 bits per heavy atom. The largest absolute Gasteiger partial charge is 0.493 e. The highest BCUT2D eigenvalue weighted by Gasteiger charge is 1.94. The number of hydrogen-bond donors (Lipinski definition) is 1. The van der Waals surface area contributed by atoms with Crippen molar-refractivity contribution in [2.45, 2.75) is 19.8 Å². The summed E-state index contributed by atoms with van der Waals surface area (Å²) in [5.74, 6) is 0.896. The Morgan fingerprint density at radius 3 is 2.92 bits per heavy atom. The van der Waals surface area contributed by atoms with Gasteiger partial charge < -0.3 is 9.84 Å². The number of aryl methyl sites for hydroxylation is 1. The minimum absolute atomic E-state index is 0.188. The van der Waals surface area contributed by atoms with Crippen LogP contribution in [-0.2, 0) is 6.42 Å². The lowest BCUT2D eigenvalue weighted by Gasteiger charge is -2.05. The second-order valence-corrected chi connectivity index (χ2v) is 2.93. The smallest absolute Gasteiger partial charge is 0.119 e. The second-order valence-electron chi connectivity index (χ2n) is 2.93. The van der Waals surface area contributed by atoms with Crippen molar-refractivity contribution < 1.29 is 9.84 Å². The van der Waals surface area contributed by atoms with E-state index in [4.69, 9.17) is 9.84 Å². The molecule has 0 aliphatic rings. The Kier molecular flexibility index (Phi) is 4.33. The molecule has 0 spiro atoms. The van der Waals surface area contributed by atoms with Gasteiger partial charge in [0, 0.05) is 13.0 Å². The molecule has 0 amide bonds. The van der Waals surface area contributed by atoms with E-state index in [1.54, 1.807) is 0 Å². The van der Waals surface area contributed by atoms with Crippen LogP contribution in [0.15, 0.2) is 24.3 Å². The first kappa shape index (κ1) is 10.1. The van der Waals surface area contributed by atoms with Crippen molar-refractivity contribution in [2.75, 3.05) is 13.2 Å². The molecule has 1 aromatic carbocycles. The van der Waals surface area contributed by atoms with E-state index in [1.807, 2.05) is 18.2 Å². The van der Waals surface area contributed by atoms with E-state index >= 15 is 0 Å². The third-order valence-electron chi connectivity index (χ3n) is 1.88. The topological polar surface area (TPSA) is 29.5 Å². The van der Waals surface area contributed by atoms with Gasteiger partial charge in [0.25, 0.3) is 0 Å². The maximum absolute atomic E-state index is 8.57. The Balaban J connectivity index is 2.46. The fourth-order valence-corrected chi connectivity index (χ4v) is 1.11. The average Bonchev–Trinajstić information content (AvgIpc) is 2.19. The van der Waals surface area contributed by atoms with Crippen molar-refractivity contribution in [1.29, 1.82) is 0 Å². The summed E-state index contributed by atoms with van der Waals surface area (Å²) in [5.41, 5.74) is 1.28. The minimum Gasteiger partial charge on any atom is -0.493 e. The van der Waals surface area contributed by atoms with Crippen molar-refractivity contribution in [3.05, 3.63) is 29.8 Å². The number of aliphatic hydroxyl groups is 1. The van der Waals surface area contributed by atoms with Gasteiger partial charge in [-0.1, -0.05) is 19.1 Å². The first-order valence-corrected chi connectivity index (χ1v) is 4.69. The molecule has 13 heavy (non-hydrogen) atoms. The van der Waals surface area contributed by atoms with Crippen LogP contribution in [0.1, 0.15) is 18.9 Å². The SMILES string of the molecule is CCc1cccc(OCCCO)c1. The molecule has 2 heteroatoms. The fourth-order valence-electron chi connectivity index (χ4n) is 1.11. The Morgan fingerprint density at radius 1 is 1.38 bits per heavy atom. The van der Waals surface area contributed by atoms with Crippen LogP contribution in [0.2, 0.25) is 0 Å². The average molecular weight is 180 g/mol. The summed E-state index contributed by atoms with van der Waals surface area (Å²) in [5, 5.41) is 8.57. The summed E-state index contributed by atoms with van der Waals surface area (Å²) in [7, 11) is 0. The summed E-state index contributed by atoms with van der Waals surface area (Å²) < 4.78 is 5.43. The predicted molar refractivity (Wildman–Crippen MR) is 53.0 cm³/mol. The Bertz CT molecular complexity index is 246. The lowest BCUT2D eigenvalue weighted by atomic mass is 10.2. The number of aliphatic hydroxyl groups excluding tert-OH is 1. The molecule has 0 fully saturated rings. The van der Waals surface area contributed by atoms with Crippen LogP contribution in [0.3, 0.4) is 0 Å². The molecule has 0 aliphatic heterocycles. The molecule has 0 atom stereocenters. The van der Waals surface area contributed by atoms with E-state index in [9.17, 15) is 0 Å². The van der Waals surface area contributed by atoms with Crippen LogP contribution in [0.5, 0.6) is 5.75 Å². The quantitative estimate of drug-likeness (QED) is 0.702. The maximum atomic E-state index is 8.57. The highest BCUT2D eigenvalue weighted by Crippen LogP contribution is 2.13. The Labute approximate surface area is 79.2 Å². The molecule has 0 heterocycles. The normalized spacial score (nSPS) is 10.0. The van der Waals surface area contributed by atoms with Crippen molar-refractivity contribution in [2.24, 2.45) is 0 Å². The molecule has 0 bridgehead atoms. The first-order chi connectivity index (χ1) is 6.36. The van der Waals surface area contributed by atoms with E-state index in [0.29, 0.717) is 13.0 Å². The third kappa shape index (κ3) is 3.47. The zero-order chi connectivity index (χ0) is 9.52. The summed E-state index contributed by atoms with van der Waals surface area (Å²) >= 11 is 0. The highest BCUT2D eigenvalue weighted by atomic mass is 16.5. The molecule has 0 saturated heterocycles. The van der Waals surface area contributed by atoms with E-state index in [2.05, 4.69) is 13.0 Å². The van der Waals surface area contributed by atoms with E-state index in [1.165, 1.54) is 5.56 Å². The predicted octanol–water partition coefficient (Wildman–Crippen LogP) is 2.01. The van der Waals surface area contributed by atoms with Gasteiger partial charge in [0.2, 0.25) is 0 Å². The zero-order valence-electron chi connectivity index (χ0n) is 7.99. The molecule has 72 valence electrons. The minimum atomic E-state index is 0.188. The molecule has 0 saturated carbocycles. The Hall–Kier alpha value is -1.02. The van der Waals surface area contributed by atoms with Crippen LogP contribution >= 0.6 is 0 Å². The van der Waals surface area contributed by atoms with Crippen molar-refractivity contribution in [3.63, 3.8) is 0 Å². The molecule has 0 unspecified atom stereocenters. The van der Waals surface area contributed by atoms with Crippen LogP contribution in [-0.4, -0.2) is 18.3 Å². The number of ether oxygens (including phenoxy) is 1. The van der Waals surface area contributed by atoms with Gasteiger partial charge in [-0.15, -0.1) is 0 Å². The van der Waals surface area contributed by atoms with Crippen molar-refractivity contribution >= 4 is 0 Å². The van der Waals surface area contributed by atoms with E-state index < -0.39 is 0 Å². The molecule has 0 radical (unpaired) electrons. The summed E-state index contributed by atoms with van der Waals surface area (Å²) in [6.45, 7) is 2.89. The van der Waals surface area contributed by atoms with Gasteiger partial charge in [0.05, 0.1) is 6.61 Å². The maximum Gasteiger partial charge on any atom is 0.119 e. The monoisotopic (exact) mass is 180 g/mol. The number of benzene rings is 1. The van der Waals surface area contributed by atoms with Crippen LogP contribution in [0.4, 0.5) is 0 Å². The van der Waals surface area contributed by atoms with Gasteiger partial charge in [0.15, 0.2) is 0 Å². The van der Waals surface area contributed by atoms with Gasteiger partial charge in [-0.2, -0.15) is 0 Å². The van der Waals surface area contributed by atoms with Gasteiger partial charge >= 0.3 is 0 Å². The van der Waals surface area contributed by atoms with Gasteiger partial charge in [0.1, 0.15) is 5.75 Å². The molecular weight excluding hydrogens is 164 g/mol. The van der Waals surface area contributed by atoms with E-state index in [-0.39, 0.29) is 6.61 Å². The second kappa shape index (κ2) is 5.60.